The summed E-state index contributed by atoms with van der Waals surface area (Å²) < 4.78 is 90.4. The van der Waals surface area contributed by atoms with E-state index < -0.39 is 47.8 Å². The summed E-state index contributed by atoms with van der Waals surface area (Å²) in [6, 6.07) is 0. The van der Waals surface area contributed by atoms with Crippen LogP contribution in [0.4, 0.5) is 26.3 Å². The van der Waals surface area contributed by atoms with Crippen molar-refractivity contribution in [3.63, 3.8) is 0 Å². The van der Waals surface area contributed by atoms with Crippen LogP contribution in [0.15, 0.2) is 35.3 Å². The average Bonchev–Trinajstić information content (AvgIpc) is 2.59. The number of alkyl halides is 6. The second-order valence-electron chi connectivity index (χ2n) is 7.78. The predicted molar refractivity (Wildman–Crippen MR) is 87.6 cm³/mol. The Kier molecular flexibility index (Phi) is 5.21. The standard InChI is InChI=1S/C17H21BF6O3/c1-10-8-11(15(25,16(19,20)21)17(22,23)24)6-7-12(9-10)18-26-13(2,3)14(4,5)27-18/h6-10,25H,1-5H3. The van der Waals surface area contributed by atoms with Crippen LogP contribution in [0.5, 0.6) is 0 Å². The van der Waals surface area contributed by atoms with Gasteiger partial charge in [0, 0.05) is 0 Å². The number of hydrogen-bond acceptors (Lipinski definition) is 3. The zero-order chi connectivity index (χ0) is 21.1. The van der Waals surface area contributed by atoms with Crippen molar-refractivity contribution < 1.29 is 40.8 Å². The van der Waals surface area contributed by atoms with E-state index in [4.69, 9.17) is 9.31 Å². The molecular formula is C17H21BF6O3. The lowest BCUT2D eigenvalue weighted by Gasteiger charge is -2.33. The first-order chi connectivity index (χ1) is 11.9. The van der Waals surface area contributed by atoms with Gasteiger partial charge in [-0.25, -0.2) is 0 Å². The highest BCUT2D eigenvalue weighted by Crippen LogP contribution is 2.49. The summed E-state index contributed by atoms with van der Waals surface area (Å²) in [5.41, 5.74) is -7.44. The summed E-state index contributed by atoms with van der Waals surface area (Å²) in [7, 11) is -0.952. The van der Waals surface area contributed by atoms with Crippen molar-refractivity contribution in [2.24, 2.45) is 5.92 Å². The molecule has 27 heavy (non-hydrogen) atoms. The maximum Gasteiger partial charge on any atom is 0.494 e. The van der Waals surface area contributed by atoms with E-state index >= 15 is 0 Å². The Morgan fingerprint density at radius 1 is 0.889 bits per heavy atom. The molecule has 0 amide bonds. The monoisotopic (exact) mass is 398 g/mol. The predicted octanol–water partition coefficient (Wildman–Crippen LogP) is 4.53. The smallest absolute Gasteiger partial charge is 0.399 e. The molecule has 2 aliphatic rings. The highest BCUT2D eigenvalue weighted by atomic mass is 19.4. The van der Waals surface area contributed by atoms with Gasteiger partial charge in [-0.1, -0.05) is 31.2 Å². The maximum absolute atomic E-state index is 13.1. The van der Waals surface area contributed by atoms with E-state index in [0.717, 1.165) is 12.2 Å². The molecule has 0 saturated carbocycles. The van der Waals surface area contributed by atoms with Gasteiger partial charge >= 0.3 is 19.5 Å². The van der Waals surface area contributed by atoms with Crippen molar-refractivity contribution in [3.8, 4) is 0 Å². The molecule has 152 valence electrons. The Balaban J connectivity index is 2.42. The molecule has 3 nitrogen and oxygen atoms in total. The van der Waals surface area contributed by atoms with Gasteiger partial charge in [0.1, 0.15) is 0 Å². The highest BCUT2D eigenvalue weighted by Gasteiger charge is 2.72. The van der Waals surface area contributed by atoms with Crippen molar-refractivity contribution in [3.05, 3.63) is 35.3 Å². The fraction of sp³-hybridized carbons (Fsp3) is 0.647. The molecule has 1 aliphatic carbocycles. The lowest BCUT2D eigenvalue weighted by molar-refractivity contribution is -0.351. The van der Waals surface area contributed by atoms with Gasteiger partial charge in [0.25, 0.3) is 5.60 Å². The lowest BCUT2D eigenvalue weighted by Crippen LogP contribution is -2.57. The van der Waals surface area contributed by atoms with Crippen molar-refractivity contribution in [1.82, 2.24) is 0 Å². The number of rotatable bonds is 2. The zero-order valence-corrected chi connectivity index (χ0v) is 15.5. The van der Waals surface area contributed by atoms with Gasteiger partial charge in [-0.05, 0) is 44.7 Å². The molecule has 0 spiro atoms. The van der Waals surface area contributed by atoms with Gasteiger partial charge < -0.3 is 14.4 Å². The first-order valence-corrected chi connectivity index (χ1v) is 8.26. The van der Waals surface area contributed by atoms with Crippen LogP contribution in [0, 0.1) is 5.92 Å². The van der Waals surface area contributed by atoms with Crippen LogP contribution >= 0.6 is 0 Å². The van der Waals surface area contributed by atoms with Crippen LogP contribution in [-0.2, 0) is 9.31 Å². The van der Waals surface area contributed by atoms with E-state index in [9.17, 15) is 31.4 Å². The number of aliphatic hydroxyl groups is 1. The van der Waals surface area contributed by atoms with E-state index in [0.29, 0.717) is 6.08 Å². The van der Waals surface area contributed by atoms with E-state index in [2.05, 4.69) is 0 Å². The molecule has 2 rings (SSSR count). The van der Waals surface area contributed by atoms with Crippen LogP contribution in [0.25, 0.3) is 0 Å². The van der Waals surface area contributed by atoms with Crippen molar-refractivity contribution in [1.29, 1.82) is 0 Å². The number of halogens is 6. The van der Waals surface area contributed by atoms with Crippen molar-refractivity contribution >= 4 is 7.12 Å². The zero-order valence-electron chi connectivity index (χ0n) is 15.5. The number of hydrogen-bond donors (Lipinski definition) is 1. The van der Waals surface area contributed by atoms with E-state index in [-0.39, 0.29) is 5.47 Å². The summed E-state index contributed by atoms with van der Waals surface area (Å²) in [4.78, 5) is 0. The molecule has 0 aromatic rings. The second kappa shape index (κ2) is 6.38. The van der Waals surface area contributed by atoms with Crippen molar-refractivity contribution in [2.75, 3.05) is 0 Å². The highest BCUT2D eigenvalue weighted by molar-refractivity contribution is 6.55. The molecular weight excluding hydrogens is 377 g/mol. The van der Waals surface area contributed by atoms with Gasteiger partial charge in [-0.2, -0.15) is 26.3 Å². The largest absolute Gasteiger partial charge is 0.494 e. The first-order valence-electron chi connectivity index (χ1n) is 8.26. The number of allylic oxidation sites excluding steroid dienone is 4. The van der Waals surface area contributed by atoms with E-state index in [1.54, 1.807) is 27.7 Å². The third-order valence-electron chi connectivity index (χ3n) is 5.12. The SMILES string of the molecule is CC1C=C(B2OC(C)(C)C(C)(C)O2)C=CC(C(O)(C(F)(F)F)C(F)(F)F)=C1. The summed E-state index contributed by atoms with van der Waals surface area (Å²) in [6.45, 7) is 8.49. The Bertz CT molecular complexity index is 658. The third kappa shape index (κ3) is 3.71. The fourth-order valence-corrected chi connectivity index (χ4v) is 2.80. The first kappa shape index (κ1) is 22.0. The molecule has 1 N–H and O–H groups in total. The van der Waals surface area contributed by atoms with Crippen LogP contribution in [0.3, 0.4) is 0 Å². The molecule has 0 radical (unpaired) electrons. The molecule has 1 unspecified atom stereocenters. The van der Waals surface area contributed by atoms with Crippen molar-refractivity contribution in [2.45, 2.75) is 63.8 Å². The Labute approximate surface area is 153 Å². The Morgan fingerprint density at radius 3 is 1.74 bits per heavy atom. The minimum Gasteiger partial charge on any atom is -0.399 e. The molecule has 1 fully saturated rings. The Hall–Kier alpha value is -1.26. The minimum atomic E-state index is -5.93. The molecule has 1 heterocycles. The van der Waals surface area contributed by atoms with Gasteiger partial charge in [0.05, 0.1) is 11.2 Å². The molecule has 0 bridgehead atoms. The quantitative estimate of drug-likeness (QED) is 0.549. The lowest BCUT2D eigenvalue weighted by atomic mass is 9.76. The normalized spacial score (nSPS) is 25.9. The molecule has 10 heteroatoms. The summed E-state index contributed by atoms with van der Waals surface area (Å²) >= 11 is 0. The maximum atomic E-state index is 13.1. The van der Waals surface area contributed by atoms with Crippen LogP contribution in [0.1, 0.15) is 34.6 Å². The molecule has 1 saturated heterocycles. The van der Waals surface area contributed by atoms with Gasteiger partial charge in [-0.15, -0.1) is 0 Å². The van der Waals surface area contributed by atoms with E-state index in [1.807, 2.05) is 0 Å². The second-order valence-corrected chi connectivity index (χ2v) is 7.78. The van der Waals surface area contributed by atoms with Crippen LogP contribution in [-0.4, -0.2) is 41.4 Å². The third-order valence-corrected chi connectivity index (χ3v) is 5.12. The van der Waals surface area contributed by atoms with Gasteiger partial charge in [-0.3, -0.25) is 0 Å². The Morgan fingerprint density at radius 2 is 1.33 bits per heavy atom. The summed E-state index contributed by atoms with van der Waals surface area (Å²) in [5.74, 6) is -0.833. The van der Waals surface area contributed by atoms with E-state index in [1.165, 1.54) is 13.0 Å². The topological polar surface area (TPSA) is 38.7 Å². The van der Waals surface area contributed by atoms with Gasteiger partial charge in [0.15, 0.2) is 0 Å². The minimum absolute atomic E-state index is 0.277. The molecule has 1 atom stereocenters. The fourth-order valence-electron chi connectivity index (χ4n) is 2.80. The average molecular weight is 398 g/mol. The molecule has 1 aliphatic heterocycles. The summed E-state index contributed by atoms with van der Waals surface area (Å²) in [5, 5.41) is 9.61. The van der Waals surface area contributed by atoms with Crippen LogP contribution < -0.4 is 0 Å². The molecule has 0 aromatic heterocycles. The summed E-state index contributed by atoms with van der Waals surface area (Å²) in [6.07, 6.45) is -8.03. The molecule has 0 aromatic carbocycles. The van der Waals surface area contributed by atoms with Gasteiger partial charge in [0.2, 0.25) is 0 Å². The van der Waals surface area contributed by atoms with Crippen LogP contribution in [0.2, 0.25) is 0 Å².